The van der Waals surface area contributed by atoms with Crippen LogP contribution in [0.2, 0.25) is 0 Å². The molecule has 1 aromatic heterocycles. The van der Waals surface area contributed by atoms with Crippen LogP contribution >= 0.6 is 0 Å². The molecule has 176 valence electrons. The highest BCUT2D eigenvalue weighted by molar-refractivity contribution is 5.95. The summed E-state index contributed by atoms with van der Waals surface area (Å²) in [5.74, 6) is -2.48. The van der Waals surface area contributed by atoms with Crippen LogP contribution in [0.25, 0.3) is 10.9 Å². The van der Waals surface area contributed by atoms with Crippen LogP contribution in [0.1, 0.15) is 29.8 Å². The zero-order valence-corrected chi connectivity index (χ0v) is 18.5. The Kier molecular flexibility index (Phi) is 5.94. The number of hydrogen-bond donors (Lipinski definition) is 0. The van der Waals surface area contributed by atoms with Crippen LogP contribution in [0.3, 0.4) is 0 Å². The van der Waals surface area contributed by atoms with Crippen molar-refractivity contribution in [3.05, 3.63) is 65.4 Å². The molecule has 1 saturated heterocycles. The summed E-state index contributed by atoms with van der Waals surface area (Å²) < 4.78 is 69.6. The summed E-state index contributed by atoms with van der Waals surface area (Å²) in [5, 5.41) is 0.476. The van der Waals surface area contributed by atoms with E-state index < -0.39 is 35.7 Å². The third kappa shape index (κ3) is 4.34. The predicted octanol–water partition coefficient (Wildman–Crippen LogP) is 5.35. The van der Waals surface area contributed by atoms with E-state index in [0.717, 1.165) is 12.1 Å². The lowest BCUT2D eigenvalue weighted by molar-refractivity contribution is -0.140. The van der Waals surface area contributed by atoms with Crippen LogP contribution in [-0.2, 0) is 12.6 Å². The minimum Gasteiger partial charge on any atom is -0.366 e. The number of piperazine rings is 1. The minimum absolute atomic E-state index is 0.196. The number of rotatable bonds is 3. The molecule has 4 rings (SSSR count). The van der Waals surface area contributed by atoms with Gasteiger partial charge in [0.2, 0.25) is 5.91 Å². The van der Waals surface area contributed by atoms with Crippen LogP contribution in [-0.4, -0.2) is 47.6 Å². The number of hydrogen-bond acceptors (Lipinski definition) is 3. The Hall–Kier alpha value is -2.94. The fraction of sp³-hybridized carbons (Fsp3) is 0.375. The molecular formula is C24H24F5N3O. The number of anilines is 1. The van der Waals surface area contributed by atoms with E-state index in [0.29, 0.717) is 35.7 Å². The molecule has 2 aromatic carbocycles. The van der Waals surface area contributed by atoms with Gasteiger partial charge in [-0.15, -0.1) is 0 Å². The average molecular weight is 465 g/mol. The Bertz CT molecular complexity index is 1190. The van der Waals surface area contributed by atoms with E-state index in [1.54, 1.807) is 12.1 Å². The monoisotopic (exact) mass is 465 g/mol. The molecule has 1 aliphatic rings. The number of alkyl halides is 3. The maximum atomic E-state index is 14.9. The minimum atomic E-state index is -4.85. The molecule has 2 atom stereocenters. The van der Waals surface area contributed by atoms with E-state index in [4.69, 9.17) is 0 Å². The van der Waals surface area contributed by atoms with E-state index >= 15 is 0 Å². The van der Waals surface area contributed by atoms with Gasteiger partial charge in [0.15, 0.2) is 0 Å². The molecule has 0 aliphatic carbocycles. The number of carbonyl (C=O) groups is 1. The number of carbonyl (C=O) groups excluding carboxylic acids is 1. The van der Waals surface area contributed by atoms with Gasteiger partial charge in [-0.2, -0.15) is 13.2 Å². The molecule has 0 radical (unpaired) electrons. The van der Waals surface area contributed by atoms with Crippen molar-refractivity contribution in [2.75, 3.05) is 25.0 Å². The van der Waals surface area contributed by atoms with Gasteiger partial charge in [-0.05, 0) is 50.7 Å². The summed E-state index contributed by atoms with van der Waals surface area (Å²) >= 11 is 0. The highest BCUT2D eigenvalue weighted by atomic mass is 19.4. The first-order valence-corrected chi connectivity index (χ1v) is 10.6. The molecule has 0 N–H and O–H groups in total. The van der Waals surface area contributed by atoms with Gasteiger partial charge in [0, 0.05) is 36.8 Å². The Morgan fingerprint density at radius 2 is 1.73 bits per heavy atom. The summed E-state index contributed by atoms with van der Waals surface area (Å²) in [7, 11) is 2.02. The molecule has 2 heterocycles. The van der Waals surface area contributed by atoms with Crippen molar-refractivity contribution in [3.63, 3.8) is 0 Å². The zero-order valence-electron chi connectivity index (χ0n) is 18.5. The van der Waals surface area contributed by atoms with Crippen LogP contribution in [0.5, 0.6) is 0 Å². The molecule has 0 bridgehead atoms. The first-order chi connectivity index (χ1) is 15.5. The summed E-state index contributed by atoms with van der Waals surface area (Å²) in [6.07, 6.45) is -3.99. The van der Waals surface area contributed by atoms with Crippen molar-refractivity contribution in [1.29, 1.82) is 0 Å². The van der Waals surface area contributed by atoms with Crippen molar-refractivity contribution < 1.29 is 26.7 Å². The molecule has 0 saturated carbocycles. The highest BCUT2D eigenvalue weighted by Gasteiger charge is 2.35. The molecule has 0 unspecified atom stereocenters. The molecule has 3 aromatic rings. The Labute approximate surface area is 188 Å². The SMILES string of the molecule is C[C@@H]1CN(c2cc3c(ccn3C(=O)Cc3cccc(C(F)(F)F)c3F)cc2F)C[C@H](C)N1C. The maximum absolute atomic E-state index is 14.9. The first kappa shape index (κ1) is 23.2. The Morgan fingerprint density at radius 1 is 1.06 bits per heavy atom. The third-order valence-corrected chi connectivity index (χ3v) is 6.45. The zero-order chi connectivity index (χ0) is 24.1. The van der Waals surface area contributed by atoms with Crippen LogP contribution in [0.15, 0.2) is 42.6 Å². The fourth-order valence-corrected chi connectivity index (χ4v) is 4.39. The summed E-state index contributed by atoms with van der Waals surface area (Å²) in [6.45, 7) is 5.31. The molecule has 1 fully saturated rings. The van der Waals surface area contributed by atoms with Gasteiger partial charge in [0.05, 0.1) is 23.2 Å². The largest absolute Gasteiger partial charge is 0.419 e. The molecule has 9 heteroatoms. The lowest BCUT2D eigenvalue weighted by Gasteiger charge is -2.43. The smallest absolute Gasteiger partial charge is 0.366 e. The van der Waals surface area contributed by atoms with Crippen LogP contribution in [0.4, 0.5) is 27.6 Å². The van der Waals surface area contributed by atoms with Crippen molar-refractivity contribution in [3.8, 4) is 0 Å². The van der Waals surface area contributed by atoms with Crippen molar-refractivity contribution in [2.24, 2.45) is 0 Å². The van der Waals surface area contributed by atoms with E-state index in [1.807, 2.05) is 11.9 Å². The fourth-order valence-electron chi connectivity index (χ4n) is 4.39. The second-order valence-electron chi connectivity index (χ2n) is 8.66. The van der Waals surface area contributed by atoms with Crippen LogP contribution in [0, 0.1) is 11.6 Å². The summed E-state index contributed by atoms with van der Waals surface area (Å²) in [6, 6.07) is 7.74. The maximum Gasteiger partial charge on any atom is 0.419 e. The van der Waals surface area contributed by atoms with Gasteiger partial charge < -0.3 is 4.90 Å². The van der Waals surface area contributed by atoms with Gasteiger partial charge in [-0.1, -0.05) is 12.1 Å². The standard InChI is InChI=1S/C24H24F5N3O/c1-14-12-31(13-15(2)30(14)3)21-11-20-16(9-19(21)25)7-8-32(20)22(33)10-17-5-4-6-18(23(17)26)24(27,28)29/h4-9,11,14-15H,10,12-13H2,1-3H3/t14-,15+. The normalized spacial score (nSPS) is 19.9. The third-order valence-electron chi connectivity index (χ3n) is 6.45. The van der Waals surface area contributed by atoms with Gasteiger partial charge >= 0.3 is 6.18 Å². The molecule has 1 aliphatic heterocycles. The topological polar surface area (TPSA) is 28.5 Å². The van der Waals surface area contributed by atoms with Crippen molar-refractivity contribution in [2.45, 2.75) is 38.5 Å². The van der Waals surface area contributed by atoms with Gasteiger partial charge in [-0.3, -0.25) is 14.3 Å². The molecule has 4 nitrogen and oxygen atoms in total. The number of likely N-dealkylation sites (N-methyl/N-ethyl adjacent to an activating group) is 1. The lowest BCUT2D eigenvalue weighted by atomic mass is 10.1. The van der Waals surface area contributed by atoms with Crippen molar-refractivity contribution in [1.82, 2.24) is 9.47 Å². The van der Waals surface area contributed by atoms with E-state index in [2.05, 4.69) is 18.7 Å². The quantitative estimate of drug-likeness (QED) is 0.489. The molecule has 0 spiro atoms. The molecule has 0 amide bonds. The van der Waals surface area contributed by atoms with Gasteiger partial charge in [0.1, 0.15) is 11.6 Å². The van der Waals surface area contributed by atoms with Crippen LogP contribution < -0.4 is 4.90 Å². The van der Waals surface area contributed by atoms with E-state index in [1.165, 1.54) is 16.8 Å². The Morgan fingerprint density at radius 3 is 2.36 bits per heavy atom. The predicted molar refractivity (Wildman–Crippen MR) is 117 cm³/mol. The number of fused-ring (bicyclic) bond motifs is 1. The summed E-state index contributed by atoms with van der Waals surface area (Å²) in [4.78, 5) is 17.1. The first-order valence-electron chi connectivity index (χ1n) is 10.6. The second kappa shape index (κ2) is 8.44. The number of nitrogens with zero attached hydrogens (tertiary/aromatic N) is 3. The lowest BCUT2D eigenvalue weighted by Crippen LogP contribution is -2.55. The highest BCUT2D eigenvalue weighted by Crippen LogP contribution is 2.33. The van der Waals surface area contributed by atoms with E-state index in [9.17, 15) is 26.7 Å². The summed E-state index contributed by atoms with van der Waals surface area (Å²) in [5.41, 5.74) is -0.983. The number of halogens is 5. The Balaban J connectivity index is 1.67. The molecule has 33 heavy (non-hydrogen) atoms. The average Bonchev–Trinajstić information content (AvgIpc) is 3.14. The number of benzene rings is 2. The molecular weight excluding hydrogens is 441 g/mol. The van der Waals surface area contributed by atoms with E-state index in [-0.39, 0.29) is 17.6 Å². The second-order valence-corrected chi connectivity index (χ2v) is 8.66. The van der Waals surface area contributed by atoms with Crippen molar-refractivity contribution >= 4 is 22.5 Å². The number of aromatic nitrogens is 1. The van der Waals surface area contributed by atoms with Gasteiger partial charge in [0.25, 0.3) is 0 Å². The van der Waals surface area contributed by atoms with Gasteiger partial charge in [-0.25, -0.2) is 8.78 Å².